The number of carboxylic acids is 1. The average molecular weight is 502 g/mol. The van der Waals surface area contributed by atoms with Crippen LogP contribution in [0.4, 0.5) is 0 Å². The Labute approximate surface area is 215 Å². The van der Waals surface area contributed by atoms with Crippen LogP contribution in [0.3, 0.4) is 0 Å². The fraction of sp³-hybridized carbons (Fsp3) is 0.300. The van der Waals surface area contributed by atoms with Gasteiger partial charge in [0.2, 0.25) is 0 Å². The lowest BCUT2D eigenvalue weighted by atomic mass is 9.85. The van der Waals surface area contributed by atoms with E-state index in [0.29, 0.717) is 6.61 Å². The van der Waals surface area contributed by atoms with E-state index in [-0.39, 0.29) is 5.56 Å². The molecule has 192 valence electrons. The number of pyridine rings is 1. The molecular formula is C30H31NO6. The van der Waals surface area contributed by atoms with Crippen LogP contribution < -0.4 is 4.74 Å². The van der Waals surface area contributed by atoms with Gasteiger partial charge in [-0.15, -0.1) is 0 Å². The number of hydrogen-bond acceptors (Lipinski definition) is 6. The molecule has 0 fully saturated rings. The lowest BCUT2D eigenvalue weighted by Gasteiger charge is -2.28. The first-order valence-electron chi connectivity index (χ1n) is 12.1. The number of benzene rings is 3. The summed E-state index contributed by atoms with van der Waals surface area (Å²) in [6, 6.07) is 12.9. The number of ether oxygens (including phenoxy) is 2. The Kier molecular flexibility index (Phi) is 7.30. The zero-order chi connectivity index (χ0) is 26.9. The molecule has 5 rings (SSSR count). The molecule has 1 aliphatic rings. The molecule has 1 unspecified atom stereocenters. The Morgan fingerprint density at radius 3 is 2.57 bits per heavy atom. The Morgan fingerprint density at radius 1 is 1.14 bits per heavy atom. The van der Waals surface area contributed by atoms with Crippen molar-refractivity contribution in [2.24, 2.45) is 0 Å². The van der Waals surface area contributed by atoms with Gasteiger partial charge in [0.05, 0.1) is 23.3 Å². The monoisotopic (exact) mass is 501 g/mol. The maximum atomic E-state index is 12.4. The summed E-state index contributed by atoms with van der Waals surface area (Å²) in [6.07, 6.45) is 2.62. The minimum absolute atomic E-state index is 0.205. The normalized spacial score (nSPS) is 13.5. The van der Waals surface area contributed by atoms with E-state index in [0.717, 1.165) is 69.5 Å². The van der Waals surface area contributed by atoms with Crippen LogP contribution in [0.25, 0.3) is 32.8 Å². The van der Waals surface area contributed by atoms with Crippen LogP contribution in [-0.4, -0.2) is 46.8 Å². The predicted octanol–water partition coefficient (Wildman–Crippen LogP) is 5.66. The van der Waals surface area contributed by atoms with Gasteiger partial charge in [0.25, 0.3) is 0 Å². The first-order chi connectivity index (χ1) is 17.7. The van der Waals surface area contributed by atoms with Crippen molar-refractivity contribution in [3.63, 3.8) is 0 Å². The quantitative estimate of drug-likeness (QED) is 0.340. The highest BCUT2D eigenvalue weighted by Crippen LogP contribution is 2.44. The first-order valence-corrected chi connectivity index (χ1v) is 12.1. The molecule has 1 atom stereocenters. The molecule has 4 aromatic rings. The van der Waals surface area contributed by atoms with E-state index in [4.69, 9.17) is 19.6 Å². The van der Waals surface area contributed by atoms with E-state index in [9.17, 15) is 14.7 Å². The number of fused-ring (bicyclic) bond motifs is 1. The zero-order valence-electron chi connectivity index (χ0n) is 21.7. The molecule has 37 heavy (non-hydrogen) atoms. The molecule has 7 nitrogen and oxygen atoms in total. The second-order valence-corrected chi connectivity index (χ2v) is 9.91. The van der Waals surface area contributed by atoms with Crippen molar-refractivity contribution >= 4 is 33.9 Å². The van der Waals surface area contributed by atoms with Gasteiger partial charge in [0, 0.05) is 30.7 Å². The number of carbonyl (C=O) groups excluding carboxylic acids is 1. The van der Waals surface area contributed by atoms with E-state index in [2.05, 4.69) is 0 Å². The van der Waals surface area contributed by atoms with Gasteiger partial charge in [-0.25, -0.2) is 4.79 Å². The van der Waals surface area contributed by atoms with Gasteiger partial charge in [-0.05, 0) is 91.1 Å². The van der Waals surface area contributed by atoms with E-state index in [1.165, 1.54) is 5.56 Å². The lowest BCUT2D eigenvalue weighted by Crippen LogP contribution is -2.24. The second kappa shape index (κ2) is 10.3. The number of aromatic nitrogens is 1. The first kappa shape index (κ1) is 26.3. The summed E-state index contributed by atoms with van der Waals surface area (Å²) in [7, 11) is 1.00. The molecule has 2 N–H and O–H groups in total. The van der Waals surface area contributed by atoms with Crippen LogP contribution in [0.15, 0.2) is 48.7 Å². The van der Waals surface area contributed by atoms with Crippen molar-refractivity contribution < 1.29 is 29.3 Å². The Morgan fingerprint density at radius 2 is 1.89 bits per heavy atom. The number of aliphatic hydroxyl groups excluding tert-OH is 1. The smallest absolute Gasteiger partial charge is 0.335 e. The maximum absolute atomic E-state index is 12.4. The molecule has 2 heterocycles. The molecule has 1 aromatic heterocycles. The highest BCUT2D eigenvalue weighted by atomic mass is 16.5. The van der Waals surface area contributed by atoms with Crippen LogP contribution >= 0.6 is 0 Å². The molecule has 7 heteroatoms. The number of nitrogens with zero attached hydrogens (tertiary/aromatic N) is 1. The molecule has 1 aliphatic heterocycles. The third kappa shape index (κ3) is 4.92. The third-order valence-corrected chi connectivity index (χ3v) is 6.36. The van der Waals surface area contributed by atoms with Crippen molar-refractivity contribution in [3.05, 3.63) is 70.9 Å². The van der Waals surface area contributed by atoms with E-state index in [1.54, 1.807) is 18.3 Å². The van der Waals surface area contributed by atoms with Gasteiger partial charge in [-0.2, -0.15) is 0 Å². The van der Waals surface area contributed by atoms with Crippen molar-refractivity contribution in [1.29, 1.82) is 0 Å². The Bertz CT molecular complexity index is 1490. The topological polar surface area (TPSA) is 106 Å². The van der Waals surface area contributed by atoms with Gasteiger partial charge in [-0.1, -0.05) is 12.1 Å². The number of hydrogen-bond donors (Lipinski definition) is 2. The number of carboxylic acid groups (broad SMARTS) is 1. The van der Waals surface area contributed by atoms with Crippen LogP contribution in [-0.2, 0) is 16.0 Å². The number of carbonyl (C=O) groups is 2. The molecular weight excluding hydrogens is 470 g/mol. The number of aromatic carboxylic acids is 1. The second-order valence-electron chi connectivity index (χ2n) is 9.91. The van der Waals surface area contributed by atoms with Gasteiger partial charge >= 0.3 is 5.97 Å². The average Bonchev–Trinajstić information content (AvgIpc) is 2.88. The van der Waals surface area contributed by atoms with Gasteiger partial charge in [0.15, 0.2) is 6.29 Å². The number of aliphatic hydroxyl groups is 1. The zero-order valence-corrected chi connectivity index (χ0v) is 21.7. The van der Waals surface area contributed by atoms with Crippen LogP contribution in [0.5, 0.6) is 5.75 Å². The SMILES string of the molecule is CO.Cc1cc2cc(C(=O)O)ccc2c(-c2ccc3c4c(ccnc24)CCO3)c1C(C=O)OC(C)(C)C. The minimum atomic E-state index is -0.989. The van der Waals surface area contributed by atoms with Crippen LogP contribution in [0.1, 0.15) is 53.9 Å². The molecule has 0 saturated heterocycles. The highest BCUT2D eigenvalue weighted by Gasteiger charge is 2.28. The van der Waals surface area contributed by atoms with Crippen molar-refractivity contribution in [3.8, 4) is 16.9 Å². The summed E-state index contributed by atoms with van der Waals surface area (Å²) < 4.78 is 12.1. The van der Waals surface area contributed by atoms with Gasteiger partial charge < -0.3 is 24.5 Å². The molecule has 0 radical (unpaired) electrons. The number of aldehydes is 1. The number of rotatable bonds is 5. The van der Waals surface area contributed by atoms with Crippen molar-refractivity contribution in [1.82, 2.24) is 4.98 Å². The third-order valence-electron chi connectivity index (χ3n) is 6.36. The minimum Gasteiger partial charge on any atom is -0.493 e. The fourth-order valence-corrected chi connectivity index (χ4v) is 4.99. The van der Waals surface area contributed by atoms with E-state index >= 15 is 0 Å². The maximum Gasteiger partial charge on any atom is 0.335 e. The van der Waals surface area contributed by atoms with Gasteiger partial charge in [0.1, 0.15) is 11.9 Å². The fourth-order valence-electron chi connectivity index (χ4n) is 4.99. The summed E-state index contributed by atoms with van der Waals surface area (Å²) in [4.78, 5) is 28.8. The Hall–Kier alpha value is -3.81. The molecule has 0 spiro atoms. The standard InChI is InChI=1S/C29H27NO5.CH4O/c1-16-13-19-14-18(28(32)33)5-6-20(19)26(24(16)23(15-31)35-29(2,3)4)21-7-8-22-25-17(10-12-34-22)9-11-30-27(21)25;1-2/h5-9,11,13-15,23H,10,12H2,1-4H3,(H,32,33);2H,1H3. The molecule has 0 amide bonds. The number of aryl methyl sites for hydroxylation is 1. The van der Waals surface area contributed by atoms with E-state index in [1.807, 2.05) is 58.0 Å². The molecule has 3 aromatic carbocycles. The summed E-state index contributed by atoms with van der Waals surface area (Å²) in [6.45, 7) is 8.30. The summed E-state index contributed by atoms with van der Waals surface area (Å²) in [5.41, 5.74) is 4.88. The van der Waals surface area contributed by atoms with Crippen LogP contribution in [0, 0.1) is 6.92 Å². The molecule has 0 bridgehead atoms. The lowest BCUT2D eigenvalue weighted by molar-refractivity contribution is -0.128. The summed E-state index contributed by atoms with van der Waals surface area (Å²) >= 11 is 0. The molecule has 0 aliphatic carbocycles. The summed E-state index contributed by atoms with van der Waals surface area (Å²) in [5.74, 6) is -0.194. The highest BCUT2D eigenvalue weighted by molar-refractivity contribution is 6.09. The Balaban J connectivity index is 0.00000156. The van der Waals surface area contributed by atoms with E-state index < -0.39 is 17.7 Å². The molecule has 0 saturated carbocycles. The van der Waals surface area contributed by atoms with Crippen molar-refractivity contribution in [2.75, 3.05) is 13.7 Å². The van der Waals surface area contributed by atoms with Gasteiger partial charge in [-0.3, -0.25) is 4.98 Å². The summed E-state index contributed by atoms with van der Waals surface area (Å²) in [5, 5.41) is 19.1. The largest absolute Gasteiger partial charge is 0.493 e. The predicted molar refractivity (Wildman–Crippen MR) is 143 cm³/mol. The van der Waals surface area contributed by atoms with Crippen molar-refractivity contribution in [2.45, 2.75) is 45.8 Å². The van der Waals surface area contributed by atoms with Crippen LogP contribution in [0.2, 0.25) is 0 Å².